The summed E-state index contributed by atoms with van der Waals surface area (Å²) in [5.74, 6) is -0.380. The van der Waals surface area contributed by atoms with Gasteiger partial charge in [-0.25, -0.2) is 0 Å². The third-order valence-electron chi connectivity index (χ3n) is 5.00. The van der Waals surface area contributed by atoms with Gasteiger partial charge in [0.15, 0.2) is 0 Å². The van der Waals surface area contributed by atoms with Crippen molar-refractivity contribution in [1.29, 1.82) is 0 Å². The molecule has 0 bridgehead atoms. The number of halogens is 3. The van der Waals surface area contributed by atoms with Gasteiger partial charge >= 0.3 is 6.18 Å². The molecule has 0 N–H and O–H groups in total. The Labute approximate surface area is 165 Å². The van der Waals surface area contributed by atoms with Crippen molar-refractivity contribution in [3.05, 3.63) is 74.8 Å². The van der Waals surface area contributed by atoms with Crippen LogP contribution in [0.3, 0.4) is 0 Å². The fourth-order valence-electron chi connectivity index (χ4n) is 3.41. The molecule has 1 heterocycles. The molecule has 2 aromatic rings. The van der Waals surface area contributed by atoms with Crippen molar-refractivity contribution in [2.75, 3.05) is 26.2 Å². The zero-order valence-corrected chi connectivity index (χ0v) is 15.8. The summed E-state index contributed by atoms with van der Waals surface area (Å²) in [4.78, 5) is 27.2. The molecule has 0 radical (unpaired) electrons. The monoisotopic (exact) mass is 407 g/mol. The van der Waals surface area contributed by atoms with E-state index in [4.69, 9.17) is 0 Å². The van der Waals surface area contributed by atoms with Crippen molar-refractivity contribution in [3.63, 3.8) is 0 Å². The van der Waals surface area contributed by atoms with Gasteiger partial charge in [0.05, 0.1) is 10.5 Å². The molecule has 1 amide bonds. The predicted molar refractivity (Wildman–Crippen MR) is 100 cm³/mol. The molecule has 6 nitrogen and oxygen atoms in total. The lowest BCUT2D eigenvalue weighted by Crippen LogP contribution is -2.48. The first-order valence-corrected chi connectivity index (χ1v) is 9.08. The summed E-state index contributed by atoms with van der Waals surface area (Å²) in [6.07, 6.45) is -4.36. The van der Waals surface area contributed by atoms with Crippen LogP contribution in [0.4, 0.5) is 18.9 Å². The standard InChI is InChI=1S/C20H20F3N3O3/c1-14-3-2-4-17(18(14)26(28)29)19(27)25-11-9-24(10-12-25)13-15-5-7-16(8-6-15)20(21,22)23/h2-8H,9-13H2,1H3. The highest BCUT2D eigenvalue weighted by molar-refractivity contribution is 5.98. The van der Waals surface area contributed by atoms with Gasteiger partial charge in [-0.2, -0.15) is 13.2 Å². The second-order valence-electron chi connectivity index (χ2n) is 6.99. The molecular weight excluding hydrogens is 387 g/mol. The van der Waals surface area contributed by atoms with E-state index in [0.29, 0.717) is 38.3 Å². The highest BCUT2D eigenvalue weighted by Gasteiger charge is 2.31. The van der Waals surface area contributed by atoms with E-state index in [2.05, 4.69) is 0 Å². The average Bonchev–Trinajstić information content (AvgIpc) is 2.67. The van der Waals surface area contributed by atoms with Crippen molar-refractivity contribution in [2.45, 2.75) is 19.6 Å². The molecule has 0 aliphatic carbocycles. The number of hydrogen-bond donors (Lipinski definition) is 0. The number of piperazine rings is 1. The van der Waals surface area contributed by atoms with Crippen LogP contribution in [0, 0.1) is 17.0 Å². The highest BCUT2D eigenvalue weighted by atomic mass is 19.4. The Morgan fingerprint density at radius 1 is 1.07 bits per heavy atom. The van der Waals surface area contributed by atoms with Crippen LogP contribution in [-0.2, 0) is 12.7 Å². The van der Waals surface area contributed by atoms with E-state index < -0.39 is 16.7 Å². The topological polar surface area (TPSA) is 66.7 Å². The molecule has 1 saturated heterocycles. The summed E-state index contributed by atoms with van der Waals surface area (Å²) < 4.78 is 38.0. The van der Waals surface area contributed by atoms with Crippen LogP contribution < -0.4 is 0 Å². The fraction of sp³-hybridized carbons (Fsp3) is 0.350. The summed E-state index contributed by atoms with van der Waals surface area (Å²) in [6, 6.07) is 9.71. The van der Waals surface area contributed by atoms with Gasteiger partial charge in [-0.15, -0.1) is 0 Å². The number of benzene rings is 2. The predicted octanol–water partition coefficient (Wildman–Crippen LogP) is 3.88. The maximum Gasteiger partial charge on any atom is 0.416 e. The van der Waals surface area contributed by atoms with Crippen LogP contribution in [0.5, 0.6) is 0 Å². The van der Waals surface area contributed by atoms with Gasteiger partial charge in [0, 0.05) is 38.3 Å². The van der Waals surface area contributed by atoms with Crippen LogP contribution in [0.1, 0.15) is 27.0 Å². The smallest absolute Gasteiger partial charge is 0.336 e. The lowest BCUT2D eigenvalue weighted by molar-refractivity contribution is -0.385. The summed E-state index contributed by atoms with van der Waals surface area (Å²) in [5.41, 5.74) is 0.404. The summed E-state index contributed by atoms with van der Waals surface area (Å²) in [5, 5.41) is 11.3. The first-order valence-electron chi connectivity index (χ1n) is 9.08. The molecule has 0 unspecified atom stereocenters. The number of nitro benzene ring substituents is 1. The fourth-order valence-corrected chi connectivity index (χ4v) is 3.41. The minimum absolute atomic E-state index is 0.0752. The van der Waals surface area contributed by atoms with Gasteiger partial charge in [-0.1, -0.05) is 24.3 Å². The minimum atomic E-state index is -4.36. The first kappa shape index (κ1) is 20.8. The van der Waals surface area contributed by atoms with E-state index in [1.54, 1.807) is 24.0 Å². The molecule has 0 saturated carbocycles. The maximum absolute atomic E-state index is 12.8. The second-order valence-corrected chi connectivity index (χ2v) is 6.99. The number of hydrogen-bond acceptors (Lipinski definition) is 4. The molecule has 9 heteroatoms. The van der Waals surface area contributed by atoms with Crippen molar-refractivity contribution >= 4 is 11.6 Å². The van der Waals surface area contributed by atoms with Crippen LogP contribution >= 0.6 is 0 Å². The molecule has 0 atom stereocenters. The van der Waals surface area contributed by atoms with E-state index >= 15 is 0 Å². The first-order chi connectivity index (χ1) is 13.7. The number of alkyl halides is 3. The third kappa shape index (κ3) is 4.73. The Morgan fingerprint density at radius 2 is 1.69 bits per heavy atom. The van der Waals surface area contributed by atoms with Gasteiger partial charge in [0.2, 0.25) is 0 Å². The average molecular weight is 407 g/mol. The molecule has 0 aromatic heterocycles. The lowest BCUT2D eigenvalue weighted by atomic mass is 10.1. The van der Waals surface area contributed by atoms with Crippen molar-refractivity contribution < 1.29 is 22.9 Å². The number of nitro groups is 1. The Kier molecular flexibility index (Phi) is 5.88. The molecule has 154 valence electrons. The molecule has 0 spiro atoms. The zero-order chi connectivity index (χ0) is 21.2. The molecule has 29 heavy (non-hydrogen) atoms. The van der Waals surface area contributed by atoms with E-state index in [1.807, 2.05) is 4.90 Å². The van der Waals surface area contributed by atoms with Crippen LogP contribution in [-0.4, -0.2) is 46.8 Å². The number of rotatable bonds is 4. The SMILES string of the molecule is Cc1cccc(C(=O)N2CCN(Cc3ccc(C(F)(F)F)cc3)CC2)c1[N+](=O)[O-]. The Hall–Kier alpha value is -2.94. The number of carbonyl (C=O) groups excluding carboxylic acids is 1. The Morgan fingerprint density at radius 3 is 2.24 bits per heavy atom. The quantitative estimate of drug-likeness (QED) is 0.570. The molecule has 1 aliphatic heterocycles. The minimum Gasteiger partial charge on any atom is -0.336 e. The molecule has 2 aromatic carbocycles. The Bertz CT molecular complexity index is 905. The van der Waals surface area contributed by atoms with Gasteiger partial charge in [0.25, 0.3) is 11.6 Å². The van der Waals surface area contributed by atoms with Gasteiger partial charge in [-0.05, 0) is 30.7 Å². The van der Waals surface area contributed by atoms with E-state index in [0.717, 1.165) is 17.7 Å². The third-order valence-corrected chi connectivity index (χ3v) is 5.00. The summed E-state index contributed by atoms with van der Waals surface area (Å²) in [6.45, 7) is 3.93. The van der Waals surface area contributed by atoms with E-state index in [9.17, 15) is 28.1 Å². The summed E-state index contributed by atoms with van der Waals surface area (Å²) in [7, 11) is 0. The lowest BCUT2D eigenvalue weighted by Gasteiger charge is -2.34. The number of carbonyl (C=O) groups is 1. The van der Waals surface area contributed by atoms with Crippen LogP contribution in [0.15, 0.2) is 42.5 Å². The van der Waals surface area contributed by atoms with Gasteiger partial charge in [-0.3, -0.25) is 19.8 Å². The van der Waals surface area contributed by atoms with E-state index in [-0.39, 0.29) is 17.2 Å². The van der Waals surface area contributed by atoms with Gasteiger partial charge < -0.3 is 4.90 Å². The Balaban J connectivity index is 1.62. The normalized spacial score (nSPS) is 15.4. The number of para-hydroxylation sites is 1. The number of amides is 1. The summed E-state index contributed by atoms with van der Waals surface area (Å²) >= 11 is 0. The molecule has 1 aliphatic rings. The highest BCUT2D eigenvalue weighted by Crippen LogP contribution is 2.29. The number of aryl methyl sites for hydroxylation is 1. The van der Waals surface area contributed by atoms with Crippen LogP contribution in [0.25, 0.3) is 0 Å². The molecule has 1 fully saturated rings. The zero-order valence-electron chi connectivity index (χ0n) is 15.8. The van der Waals surface area contributed by atoms with Crippen molar-refractivity contribution in [2.24, 2.45) is 0 Å². The van der Waals surface area contributed by atoms with Crippen LogP contribution in [0.2, 0.25) is 0 Å². The molecular formula is C20H20F3N3O3. The number of nitrogens with zero attached hydrogens (tertiary/aromatic N) is 3. The van der Waals surface area contributed by atoms with Crippen molar-refractivity contribution in [3.8, 4) is 0 Å². The van der Waals surface area contributed by atoms with Crippen molar-refractivity contribution in [1.82, 2.24) is 9.80 Å². The van der Waals surface area contributed by atoms with Gasteiger partial charge in [0.1, 0.15) is 5.56 Å². The maximum atomic E-state index is 12.8. The second kappa shape index (κ2) is 8.20. The largest absolute Gasteiger partial charge is 0.416 e. The molecule has 3 rings (SSSR count). The van der Waals surface area contributed by atoms with E-state index in [1.165, 1.54) is 18.2 Å².